The molecule has 1 atom stereocenters. The highest BCUT2D eigenvalue weighted by atomic mass is 32.2. The van der Waals surface area contributed by atoms with E-state index in [1.165, 1.54) is 0 Å². The molecule has 0 spiro atoms. The molecule has 0 bridgehead atoms. The molecule has 0 aromatic carbocycles. The van der Waals surface area contributed by atoms with Crippen LogP contribution >= 0.6 is 0 Å². The van der Waals surface area contributed by atoms with E-state index in [-0.39, 0.29) is 13.0 Å². The standard InChI is InChI=1S/C12H21N3O2S/c1-3-5-8-12(11-14,7-4-2)18(16,17)15-10-6-9-13/h15H,3-8,10H2,1-2H3. The molecule has 0 aliphatic carbocycles. The maximum absolute atomic E-state index is 12.2. The van der Waals surface area contributed by atoms with E-state index in [4.69, 9.17) is 5.26 Å². The predicted octanol–water partition coefficient (Wildman–Crippen LogP) is 2.07. The Morgan fingerprint density at radius 2 is 1.83 bits per heavy atom. The van der Waals surface area contributed by atoms with Crippen LogP contribution in [-0.4, -0.2) is 19.7 Å². The van der Waals surface area contributed by atoms with E-state index < -0.39 is 14.8 Å². The van der Waals surface area contributed by atoms with Crippen LogP contribution in [0.25, 0.3) is 0 Å². The number of hydrogen-bond acceptors (Lipinski definition) is 4. The highest BCUT2D eigenvalue weighted by molar-refractivity contribution is 7.91. The van der Waals surface area contributed by atoms with E-state index in [1.807, 2.05) is 26.0 Å². The Morgan fingerprint density at radius 3 is 2.28 bits per heavy atom. The Kier molecular flexibility index (Phi) is 7.58. The first kappa shape index (κ1) is 16.9. The van der Waals surface area contributed by atoms with Crippen LogP contribution in [-0.2, 0) is 10.0 Å². The average molecular weight is 271 g/mol. The lowest BCUT2D eigenvalue weighted by molar-refractivity contribution is 0.490. The summed E-state index contributed by atoms with van der Waals surface area (Å²) in [6, 6.07) is 3.86. The van der Waals surface area contributed by atoms with Gasteiger partial charge in [-0.3, -0.25) is 0 Å². The minimum Gasteiger partial charge on any atom is -0.213 e. The maximum Gasteiger partial charge on any atom is 0.230 e. The molecule has 0 heterocycles. The van der Waals surface area contributed by atoms with Gasteiger partial charge in [0.15, 0.2) is 4.75 Å². The maximum atomic E-state index is 12.2. The quantitative estimate of drug-likeness (QED) is 0.649. The fourth-order valence-corrected chi connectivity index (χ4v) is 3.46. The van der Waals surface area contributed by atoms with Gasteiger partial charge in [0.1, 0.15) is 0 Å². The van der Waals surface area contributed by atoms with Crippen molar-refractivity contribution >= 4 is 10.0 Å². The fourth-order valence-electron chi connectivity index (χ4n) is 1.81. The number of nitrogens with zero attached hydrogens (tertiary/aromatic N) is 2. The molecule has 0 saturated carbocycles. The Bertz CT molecular complexity index is 420. The van der Waals surface area contributed by atoms with Crippen molar-refractivity contribution in [1.29, 1.82) is 10.5 Å². The van der Waals surface area contributed by atoms with Crippen molar-refractivity contribution in [2.75, 3.05) is 6.54 Å². The van der Waals surface area contributed by atoms with Crippen LogP contribution in [0.4, 0.5) is 0 Å². The SMILES string of the molecule is CCCCC(C#N)(CCC)S(=O)(=O)NCCC#N. The molecule has 0 aromatic heterocycles. The van der Waals surface area contributed by atoms with Crippen LogP contribution < -0.4 is 4.72 Å². The molecule has 0 rings (SSSR count). The van der Waals surface area contributed by atoms with Gasteiger partial charge in [-0.15, -0.1) is 0 Å². The second-order valence-electron chi connectivity index (χ2n) is 4.27. The number of nitriles is 2. The van der Waals surface area contributed by atoms with E-state index >= 15 is 0 Å². The summed E-state index contributed by atoms with van der Waals surface area (Å²) < 4.78 is 25.4. The summed E-state index contributed by atoms with van der Waals surface area (Å²) in [5.74, 6) is 0. The van der Waals surface area contributed by atoms with E-state index in [0.29, 0.717) is 25.7 Å². The Labute approximate surface area is 110 Å². The zero-order valence-electron chi connectivity index (χ0n) is 11.1. The number of nitrogens with one attached hydrogen (secondary N) is 1. The first-order valence-electron chi connectivity index (χ1n) is 6.27. The largest absolute Gasteiger partial charge is 0.230 e. The molecule has 0 aromatic rings. The molecule has 0 aliphatic heterocycles. The lowest BCUT2D eigenvalue weighted by Crippen LogP contribution is -2.45. The third-order valence-electron chi connectivity index (χ3n) is 2.84. The van der Waals surface area contributed by atoms with E-state index in [9.17, 15) is 13.7 Å². The topological polar surface area (TPSA) is 93.8 Å². The van der Waals surface area contributed by atoms with Crippen LogP contribution in [0, 0.1) is 22.7 Å². The molecule has 5 nitrogen and oxygen atoms in total. The summed E-state index contributed by atoms with van der Waals surface area (Å²) in [5, 5.41) is 17.7. The summed E-state index contributed by atoms with van der Waals surface area (Å²) in [4.78, 5) is 0. The highest BCUT2D eigenvalue weighted by Gasteiger charge is 2.42. The molecule has 0 fully saturated rings. The Hall–Kier alpha value is -1.11. The first-order valence-corrected chi connectivity index (χ1v) is 7.75. The zero-order valence-corrected chi connectivity index (χ0v) is 11.9. The molecule has 1 N–H and O–H groups in total. The summed E-state index contributed by atoms with van der Waals surface area (Å²) in [6.07, 6.45) is 2.96. The molecule has 0 amide bonds. The summed E-state index contributed by atoms with van der Waals surface area (Å²) in [5.41, 5.74) is 0. The smallest absolute Gasteiger partial charge is 0.213 e. The summed E-state index contributed by atoms with van der Waals surface area (Å²) in [6.45, 7) is 3.89. The molecule has 6 heteroatoms. The predicted molar refractivity (Wildman–Crippen MR) is 69.9 cm³/mol. The van der Waals surface area contributed by atoms with Crippen molar-refractivity contribution in [2.45, 2.75) is 57.1 Å². The molecular weight excluding hydrogens is 250 g/mol. The van der Waals surface area contributed by atoms with Gasteiger partial charge in [-0.1, -0.05) is 33.1 Å². The molecular formula is C12H21N3O2S. The lowest BCUT2D eigenvalue weighted by Gasteiger charge is -2.26. The van der Waals surface area contributed by atoms with Crippen molar-refractivity contribution < 1.29 is 8.42 Å². The van der Waals surface area contributed by atoms with Gasteiger partial charge in [-0.2, -0.15) is 10.5 Å². The van der Waals surface area contributed by atoms with Gasteiger partial charge in [-0.25, -0.2) is 13.1 Å². The number of rotatable bonds is 9. The number of sulfonamides is 1. The van der Waals surface area contributed by atoms with Gasteiger partial charge >= 0.3 is 0 Å². The van der Waals surface area contributed by atoms with Gasteiger partial charge in [0, 0.05) is 13.0 Å². The fraction of sp³-hybridized carbons (Fsp3) is 0.833. The van der Waals surface area contributed by atoms with Crippen LogP contribution in [0.2, 0.25) is 0 Å². The van der Waals surface area contributed by atoms with Crippen LogP contribution in [0.1, 0.15) is 52.4 Å². The molecule has 102 valence electrons. The molecule has 0 radical (unpaired) electrons. The average Bonchev–Trinajstić information content (AvgIpc) is 2.34. The lowest BCUT2D eigenvalue weighted by atomic mass is 9.98. The Morgan fingerprint density at radius 1 is 1.17 bits per heavy atom. The first-order chi connectivity index (χ1) is 8.49. The van der Waals surface area contributed by atoms with E-state index in [2.05, 4.69) is 4.72 Å². The van der Waals surface area contributed by atoms with Gasteiger partial charge in [0.2, 0.25) is 10.0 Å². The highest BCUT2D eigenvalue weighted by Crippen LogP contribution is 2.28. The van der Waals surface area contributed by atoms with Gasteiger partial charge < -0.3 is 0 Å². The van der Waals surface area contributed by atoms with Gasteiger partial charge in [-0.05, 0) is 12.8 Å². The second kappa shape index (κ2) is 8.07. The van der Waals surface area contributed by atoms with Crippen molar-refractivity contribution in [3.8, 4) is 12.1 Å². The monoisotopic (exact) mass is 271 g/mol. The molecule has 0 saturated heterocycles. The van der Waals surface area contributed by atoms with E-state index in [0.717, 1.165) is 6.42 Å². The third kappa shape index (κ3) is 4.29. The second-order valence-corrected chi connectivity index (χ2v) is 6.34. The zero-order chi connectivity index (χ0) is 14.1. The minimum absolute atomic E-state index is 0.0676. The van der Waals surface area contributed by atoms with E-state index in [1.54, 1.807) is 0 Å². The van der Waals surface area contributed by atoms with Crippen molar-refractivity contribution in [1.82, 2.24) is 4.72 Å². The van der Waals surface area contributed by atoms with Gasteiger partial charge in [0.25, 0.3) is 0 Å². The molecule has 0 aliphatic rings. The molecule has 1 unspecified atom stereocenters. The molecule has 18 heavy (non-hydrogen) atoms. The normalized spacial score (nSPS) is 14.4. The van der Waals surface area contributed by atoms with Gasteiger partial charge in [0.05, 0.1) is 12.1 Å². The van der Waals surface area contributed by atoms with Crippen LogP contribution in [0.5, 0.6) is 0 Å². The van der Waals surface area contributed by atoms with Crippen molar-refractivity contribution in [2.24, 2.45) is 0 Å². The van der Waals surface area contributed by atoms with Crippen LogP contribution in [0.15, 0.2) is 0 Å². The number of unbranched alkanes of at least 4 members (excludes halogenated alkanes) is 1. The van der Waals surface area contributed by atoms with Crippen LogP contribution in [0.3, 0.4) is 0 Å². The summed E-state index contributed by atoms with van der Waals surface area (Å²) in [7, 11) is -3.70. The van der Waals surface area contributed by atoms with Crippen molar-refractivity contribution in [3.05, 3.63) is 0 Å². The Balaban J connectivity index is 5.04. The van der Waals surface area contributed by atoms with Crippen molar-refractivity contribution in [3.63, 3.8) is 0 Å². The number of hydrogen-bond donors (Lipinski definition) is 1. The summed E-state index contributed by atoms with van der Waals surface area (Å²) >= 11 is 0. The minimum atomic E-state index is -3.70. The third-order valence-corrected chi connectivity index (χ3v) is 4.95.